The highest BCUT2D eigenvalue weighted by molar-refractivity contribution is 7.80. The number of hydrogen-bond acceptors (Lipinski definition) is 4. The van der Waals surface area contributed by atoms with Crippen molar-refractivity contribution in [1.82, 2.24) is 10.7 Å². The van der Waals surface area contributed by atoms with E-state index in [0.29, 0.717) is 25.1 Å². The van der Waals surface area contributed by atoms with Gasteiger partial charge >= 0.3 is 0 Å². The molecule has 2 fully saturated rings. The summed E-state index contributed by atoms with van der Waals surface area (Å²) in [5, 5.41) is 5.93. The first-order valence-electron chi connectivity index (χ1n) is 6.65. The number of hydrazine groups is 1. The first-order valence-corrected chi connectivity index (χ1v) is 7.06. The molecule has 1 aromatic carbocycles. The number of nitrogens with one attached hydrogen (secondary N) is 2. The Bertz CT molecular complexity index is 504. The van der Waals surface area contributed by atoms with Gasteiger partial charge < -0.3 is 14.8 Å². The zero-order chi connectivity index (χ0) is 14.2. The van der Waals surface area contributed by atoms with E-state index in [-0.39, 0.29) is 5.41 Å². The highest BCUT2D eigenvalue weighted by Crippen LogP contribution is 2.36. The average molecular weight is 293 g/mol. The smallest absolute Gasteiger partial charge is 0.189 e. The summed E-state index contributed by atoms with van der Waals surface area (Å²) in [7, 11) is 0. The summed E-state index contributed by atoms with van der Waals surface area (Å²) in [6.07, 6.45) is 0. The number of thiocarbonyl (C=S) groups is 1. The molecule has 0 amide bonds. The number of anilines is 1. The third kappa shape index (κ3) is 2.18. The van der Waals surface area contributed by atoms with Crippen LogP contribution in [0.2, 0.25) is 0 Å². The summed E-state index contributed by atoms with van der Waals surface area (Å²) < 4.78 is 10.9. The second-order valence-electron chi connectivity index (χ2n) is 5.71. The molecule has 0 aliphatic carbocycles. The van der Waals surface area contributed by atoms with Crippen LogP contribution >= 0.6 is 12.2 Å². The van der Waals surface area contributed by atoms with E-state index in [1.54, 1.807) is 0 Å². The van der Waals surface area contributed by atoms with Crippen LogP contribution < -0.4 is 15.8 Å². The standard InChI is InChI=1S/C14H19N3O2S/c1-13(8-18-10-19-9-13)14(2)15-12(20)17(16-14)11-6-4-3-5-7-11/h3-7,16H,8-10H2,1-2H3,(H,15,20)/t14-/m1/s1. The molecule has 6 heteroatoms. The number of nitrogens with zero attached hydrogens (tertiary/aromatic N) is 1. The fourth-order valence-corrected chi connectivity index (χ4v) is 2.90. The van der Waals surface area contributed by atoms with E-state index >= 15 is 0 Å². The molecule has 2 aliphatic heterocycles. The maximum absolute atomic E-state index is 5.47. The van der Waals surface area contributed by atoms with Gasteiger partial charge in [-0.1, -0.05) is 25.1 Å². The first-order chi connectivity index (χ1) is 9.54. The lowest BCUT2D eigenvalue weighted by Crippen LogP contribution is -2.64. The second-order valence-corrected chi connectivity index (χ2v) is 6.10. The summed E-state index contributed by atoms with van der Waals surface area (Å²) in [5.74, 6) is 0. The molecule has 0 radical (unpaired) electrons. The van der Waals surface area contributed by atoms with Crippen LogP contribution in [0.25, 0.3) is 0 Å². The molecule has 0 spiro atoms. The molecule has 0 bridgehead atoms. The van der Waals surface area contributed by atoms with Crippen molar-refractivity contribution < 1.29 is 9.47 Å². The summed E-state index contributed by atoms with van der Waals surface area (Å²) in [5.41, 5.74) is 3.85. The van der Waals surface area contributed by atoms with Crippen LogP contribution in [0.5, 0.6) is 0 Å². The predicted molar refractivity (Wildman–Crippen MR) is 81.1 cm³/mol. The molecular formula is C14H19N3O2S. The normalized spacial score (nSPS) is 29.3. The second kappa shape index (κ2) is 4.96. The van der Waals surface area contributed by atoms with Crippen LogP contribution in [0, 0.1) is 5.41 Å². The Morgan fingerprint density at radius 1 is 1.15 bits per heavy atom. The fourth-order valence-electron chi connectivity index (χ4n) is 2.54. The van der Waals surface area contributed by atoms with Crippen molar-refractivity contribution in [1.29, 1.82) is 0 Å². The Labute approximate surface area is 124 Å². The zero-order valence-corrected chi connectivity index (χ0v) is 12.5. The van der Waals surface area contributed by atoms with Crippen molar-refractivity contribution in [3.63, 3.8) is 0 Å². The van der Waals surface area contributed by atoms with Gasteiger partial charge in [-0.05, 0) is 31.3 Å². The molecule has 2 N–H and O–H groups in total. The third-order valence-corrected chi connectivity index (χ3v) is 4.41. The van der Waals surface area contributed by atoms with E-state index < -0.39 is 5.66 Å². The highest BCUT2D eigenvalue weighted by Gasteiger charge is 2.52. The molecule has 108 valence electrons. The summed E-state index contributed by atoms with van der Waals surface area (Å²) >= 11 is 5.46. The van der Waals surface area contributed by atoms with E-state index in [1.165, 1.54) is 0 Å². The fraction of sp³-hybridized carbons (Fsp3) is 0.500. The Morgan fingerprint density at radius 3 is 2.45 bits per heavy atom. The van der Waals surface area contributed by atoms with Crippen LogP contribution in [0.4, 0.5) is 5.69 Å². The molecule has 1 aromatic rings. The lowest BCUT2D eigenvalue weighted by molar-refractivity contribution is -0.182. The van der Waals surface area contributed by atoms with E-state index in [2.05, 4.69) is 24.6 Å². The molecule has 5 nitrogen and oxygen atoms in total. The lowest BCUT2D eigenvalue weighted by Gasteiger charge is -2.45. The van der Waals surface area contributed by atoms with Gasteiger partial charge in [0.05, 0.1) is 24.3 Å². The molecule has 2 heterocycles. The van der Waals surface area contributed by atoms with Crippen molar-refractivity contribution >= 4 is 23.0 Å². The SMILES string of the molecule is CC1([C@]2(C)NC(=S)N(c3ccccc3)N2)COCOC1. The van der Waals surface area contributed by atoms with Crippen LogP contribution in [0.3, 0.4) is 0 Å². The van der Waals surface area contributed by atoms with Gasteiger partial charge in [-0.25, -0.2) is 5.43 Å². The zero-order valence-electron chi connectivity index (χ0n) is 11.7. The summed E-state index contributed by atoms with van der Waals surface area (Å²) in [4.78, 5) is 0. The van der Waals surface area contributed by atoms with Gasteiger partial charge in [-0.2, -0.15) is 0 Å². The van der Waals surface area contributed by atoms with Crippen molar-refractivity contribution in [2.24, 2.45) is 5.41 Å². The molecule has 1 atom stereocenters. The van der Waals surface area contributed by atoms with Crippen LogP contribution in [0.15, 0.2) is 30.3 Å². The van der Waals surface area contributed by atoms with Gasteiger partial charge in [-0.3, -0.25) is 5.01 Å². The molecular weight excluding hydrogens is 274 g/mol. The minimum atomic E-state index is -0.416. The minimum absolute atomic E-state index is 0.209. The van der Waals surface area contributed by atoms with Crippen LogP contribution in [-0.4, -0.2) is 30.8 Å². The van der Waals surface area contributed by atoms with Crippen LogP contribution in [0.1, 0.15) is 13.8 Å². The van der Waals surface area contributed by atoms with Gasteiger partial charge in [0.1, 0.15) is 12.5 Å². The molecule has 0 aromatic heterocycles. The average Bonchev–Trinajstić information content (AvgIpc) is 2.78. The molecule has 0 unspecified atom stereocenters. The molecule has 2 saturated heterocycles. The van der Waals surface area contributed by atoms with E-state index in [0.717, 1.165) is 5.69 Å². The summed E-state index contributed by atoms with van der Waals surface area (Å²) in [6, 6.07) is 10.00. The highest BCUT2D eigenvalue weighted by atomic mass is 32.1. The van der Waals surface area contributed by atoms with Gasteiger partial charge in [0, 0.05) is 0 Å². The first kappa shape index (κ1) is 13.8. The number of hydrogen-bond donors (Lipinski definition) is 2. The van der Waals surface area contributed by atoms with Crippen molar-refractivity contribution in [2.45, 2.75) is 19.5 Å². The van der Waals surface area contributed by atoms with E-state index in [4.69, 9.17) is 21.7 Å². The number of ether oxygens (including phenoxy) is 2. The predicted octanol–water partition coefficient (Wildman–Crippen LogP) is 1.61. The van der Waals surface area contributed by atoms with Gasteiger partial charge in [0.15, 0.2) is 5.11 Å². The lowest BCUT2D eigenvalue weighted by atomic mass is 9.79. The minimum Gasteiger partial charge on any atom is -0.355 e. The molecule has 20 heavy (non-hydrogen) atoms. The Balaban J connectivity index is 1.85. The third-order valence-electron chi connectivity index (χ3n) is 4.12. The quantitative estimate of drug-likeness (QED) is 0.808. The van der Waals surface area contributed by atoms with Gasteiger partial charge in [-0.15, -0.1) is 0 Å². The Kier molecular flexibility index (Phi) is 3.41. The maximum Gasteiger partial charge on any atom is 0.189 e. The van der Waals surface area contributed by atoms with Gasteiger partial charge in [0.25, 0.3) is 0 Å². The monoisotopic (exact) mass is 293 g/mol. The Hall–Kier alpha value is -1.21. The number of rotatable bonds is 2. The van der Waals surface area contributed by atoms with Gasteiger partial charge in [0.2, 0.25) is 0 Å². The molecule has 2 aliphatic rings. The van der Waals surface area contributed by atoms with Crippen molar-refractivity contribution in [2.75, 3.05) is 25.0 Å². The largest absolute Gasteiger partial charge is 0.355 e. The number of benzene rings is 1. The summed E-state index contributed by atoms with van der Waals surface area (Å²) in [6.45, 7) is 5.81. The maximum atomic E-state index is 5.47. The topological polar surface area (TPSA) is 45.8 Å². The Morgan fingerprint density at radius 2 is 1.80 bits per heavy atom. The van der Waals surface area contributed by atoms with Crippen molar-refractivity contribution in [3.8, 4) is 0 Å². The van der Waals surface area contributed by atoms with Crippen molar-refractivity contribution in [3.05, 3.63) is 30.3 Å². The van der Waals surface area contributed by atoms with Crippen LogP contribution in [-0.2, 0) is 9.47 Å². The molecule has 3 rings (SSSR count). The molecule has 0 saturated carbocycles. The van der Waals surface area contributed by atoms with E-state index in [9.17, 15) is 0 Å². The number of para-hydroxylation sites is 1. The van der Waals surface area contributed by atoms with E-state index in [1.807, 2.05) is 35.3 Å².